The molecule has 1 unspecified atom stereocenters. The molecule has 1 amide bonds. The smallest absolute Gasteiger partial charge is 0.227 e. The number of nitrogens with zero attached hydrogens (tertiary/aromatic N) is 4. The van der Waals surface area contributed by atoms with Crippen LogP contribution >= 0.6 is 0 Å². The van der Waals surface area contributed by atoms with Crippen LogP contribution in [-0.4, -0.2) is 65.5 Å². The van der Waals surface area contributed by atoms with Crippen LogP contribution in [0.4, 0.5) is 17.3 Å². The van der Waals surface area contributed by atoms with Crippen LogP contribution in [0, 0.1) is 5.92 Å². The maximum absolute atomic E-state index is 12.1. The quantitative estimate of drug-likeness (QED) is 0.445. The van der Waals surface area contributed by atoms with Gasteiger partial charge >= 0.3 is 0 Å². The van der Waals surface area contributed by atoms with E-state index < -0.39 is 0 Å². The normalized spacial score (nSPS) is 18.8. The van der Waals surface area contributed by atoms with Gasteiger partial charge < -0.3 is 20.3 Å². The Labute approximate surface area is 231 Å². The highest BCUT2D eigenvalue weighted by Crippen LogP contribution is 2.27. The molecule has 0 saturated carbocycles. The van der Waals surface area contributed by atoms with Crippen molar-refractivity contribution in [2.45, 2.75) is 32.7 Å². The van der Waals surface area contributed by atoms with Crippen molar-refractivity contribution >= 4 is 23.2 Å². The number of benzene rings is 2. The minimum absolute atomic E-state index is 0.246. The zero-order valence-corrected chi connectivity index (χ0v) is 22.9. The lowest BCUT2D eigenvalue weighted by Gasteiger charge is -2.19. The van der Waals surface area contributed by atoms with Crippen LogP contribution in [0.5, 0.6) is 5.75 Å². The number of rotatable bonds is 4. The number of aromatic nitrogens is 2. The maximum Gasteiger partial charge on any atom is 0.227 e. The lowest BCUT2D eigenvalue weighted by molar-refractivity contribution is -0.129. The van der Waals surface area contributed by atoms with E-state index in [0.29, 0.717) is 24.9 Å². The Bertz CT molecular complexity index is 1310. The van der Waals surface area contributed by atoms with Gasteiger partial charge in [0.2, 0.25) is 11.9 Å². The van der Waals surface area contributed by atoms with Crippen molar-refractivity contribution < 1.29 is 9.53 Å². The fraction of sp³-hybridized carbons (Fsp3) is 0.387. The van der Waals surface area contributed by atoms with Gasteiger partial charge in [-0.05, 0) is 67.8 Å². The highest BCUT2D eigenvalue weighted by molar-refractivity contribution is 5.76. The Hall–Kier alpha value is -3.91. The zero-order valence-electron chi connectivity index (χ0n) is 22.9. The summed E-state index contributed by atoms with van der Waals surface area (Å²) in [5, 5.41) is 7.07. The van der Waals surface area contributed by atoms with E-state index in [0.717, 1.165) is 73.9 Å². The zero-order chi connectivity index (χ0) is 27.0. The summed E-state index contributed by atoms with van der Waals surface area (Å²) in [4.78, 5) is 25.7. The number of hydrogen-bond donors (Lipinski definition) is 2. The van der Waals surface area contributed by atoms with Crippen LogP contribution < -0.4 is 15.4 Å². The Morgan fingerprint density at radius 1 is 1.18 bits per heavy atom. The summed E-state index contributed by atoms with van der Waals surface area (Å²) in [5.74, 6) is 2.08. The second kappa shape index (κ2) is 12.8. The summed E-state index contributed by atoms with van der Waals surface area (Å²) in [6.45, 7) is 6.73. The topological polar surface area (TPSA) is 82.6 Å². The standard InChI is InChI=1S/C31H38N6O2/c1-3-30(38)37-14-11-23(22-37)20-33-26-16-24-17-27(19-26)34-31-32-12-10-29(35-31)25-8-7-9-28(18-25)39-15-6-4-5-13-36(2)21-24/h4-5,7-10,12,16-19,23,33H,3,6,11,13-15,20-22H2,1-2H3,(H,32,34,35)/b5-4+. The predicted molar refractivity (Wildman–Crippen MR) is 156 cm³/mol. The largest absolute Gasteiger partial charge is 0.493 e. The average molecular weight is 527 g/mol. The molecule has 8 nitrogen and oxygen atoms in total. The lowest BCUT2D eigenvalue weighted by atomic mass is 10.1. The molecule has 1 fully saturated rings. The number of anilines is 3. The third-order valence-electron chi connectivity index (χ3n) is 7.16. The molecule has 0 spiro atoms. The number of carbonyl (C=O) groups is 1. The molecule has 2 aliphatic heterocycles. The summed E-state index contributed by atoms with van der Waals surface area (Å²) in [6.07, 6.45) is 8.62. The molecule has 1 saturated heterocycles. The molecule has 0 aliphatic carbocycles. The first-order valence-corrected chi connectivity index (χ1v) is 13.9. The van der Waals surface area contributed by atoms with Crippen molar-refractivity contribution in [2.24, 2.45) is 5.92 Å². The highest BCUT2D eigenvalue weighted by Gasteiger charge is 2.25. The van der Waals surface area contributed by atoms with Crippen LogP contribution in [0.2, 0.25) is 0 Å². The van der Waals surface area contributed by atoms with E-state index in [1.807, 2.05) is 42.2 Å². The molecule has 2 aromatic carbocycles. The third-order valence-corrected chi connectivity index (χ3v) is 7.16. The van der Waals surface area contributed by atoms with E-state index in [1.54, 1.807) is 6.20 Å². The van der Waals surface area contributed by atoms with Gasteiger partial charge in [-0.1, -0.05) is 31.2 Å². The lowest BCUT2D eigenvalue weighted by Crippen LogP contribution is -2.28. The van der Waals surface area contributed by atoms with E-state index in [2.05, 4.69) is 57.9 Å². The summed E-state index contributed by atoms with van der Waals surface area (Å²) < 4.78 is 5.97. The van der Waals surface area contributed by atoms with Crippen molar-refractivity contribution in [1.82, 2.24) is 19.8 Å². The molecule has 204 valence electrons. The van der Waals surface area contributed by atoms with Crippen LogP contribution in [0.3, 0.4) is 0 Å². The minimum atomic E-state index is 0.246. The maximum atomic E-state index is 12.1. The van der Waals surface area contributed by atoms with Gasteiger partial charge in [0.05, 0.1) is 12.3 Å². The second-order valence-corrected chi connectivity index (χ2v) is 10.4. The average Bonchev–Trinajstić information content (AvgIpc) is 3.42. The van der Waals surface area contributed by atoms with Crippen molar-refractivity contribution in [2.75, 3.05) is 50.5 Å². The molecular weight excluding hydrogens is 488 g/mol. The van der Waals surface area contributed by atoms with Crippen molar-refractivity contribution in [3.63, 3.8) is 0 Å². The fourth-order valence-corrected chi connectivity index (χ4v) is 5.12. The fourth-order valence-electron chi connectivity index (χ4n) is 5.12. The molecule has 39 heavy (non-hydrogen) atoms. The number of ether oxygens (including phenoxy) is 1. The first kappa shape index (κ1) is 26.7. The molecule has 2 aliphatic rings. The van der Waals surface area contributed by atoms with Gasteiger partial charge in [0.15, 0.2) is 0 Å². The Morgan fingerprint density at radius 3 is 3.00 bits per heavy atom. The number of nitrogens with one attached hydrogen (secondary N) is 2. The highest BCUT2D eigenvalue weighted by atomic mass is 16.5. The van der Waals surface area contributed by atoms with Gasteiger partial charge in [0.1, 0.15) is 5.75 Å². The third kappa shape index (κ3) is 7.35. The molecule has 2 N–H and O–H groups in total. The van der Waals surface area contributed by atoms with Crippen LogP contribution in [0.1, 0.15) is 31.7 Å². The molecular formula is C31H38N6O2. The molecule has 6 bridgehead atoms. The van der Waals surface area contributed by atoms with Gasteiger partial charge in [-0.15, -0.1) is 0 Å². The van der Waals surface area contributed by atoms with E-state index in [4.69, 9.17) is 9.72 Å². The number of amides is 1. The van der Waals surface area contributed by atoms with Crippen LogP contribution in [0.15, 0.2) is 66.9 Å². The molecule has 1 aromatic heterocycles. The Morgan fingerprint density at radius 2 is 2.10 bits per heavy atom. The van der Waals surface area contributed by atoms with E-state index in [1.165, 1.54) is 5.56 Å². The predicted octanol–water partition coefficient (Wildman–Crippen LogP) is 5.33. The van der Waals surface area contributed by atoms with Crippen molar-refractivity contribution in [3.8, 4) is 17.0 Å². The summed E-state index contributed by atoms with van der Waals surface area (Å²) in [6, 6.07) is 16.4. The first-order valence-electron chi connectivity index (χ1n) is 13.9. The molecule has 5 rings (SSSR count). The number of fused-ring (bicyclic) bond motifs is 7. The van der Waals surface area contributed by atoms with Crippen molar-refractivity contribution in [3.05, 3.63) is 72.4 Å². The van der Waals surface area contributed by atoms with Gasteiger partial charge in [-0.2, -0.15) is 0 Å². The Balaban J connectivity index is 1.38. The van der Waals surface area contributed by atoms with Gasteiger partial charge in [0.25, 0.3) is 0 Å². The number of carbonyl (C=O) groups excluding carboxylic acids is 1. The number of hydrogen-bond acceptors (Lipinski definition) is 7. The molecule has 3 heterocycles. The second-order valence-electron chi connectivity index (χ2n) is 10.4. The van der Waals surface area contributed by atoms with E-state index in [-0.39, 0.29) is 5.91 Å². The SMILES string of the molecule is CCC(=O)N1CCC(CNc2cc3cc(c2)Nc2nccc(n2)-c2cccc(c2)OCC/C=C/CN(C)C3)C1. The molecule has 0 radical (unpaired) electrons. The van der Waals surface area contributed by atoms with Crippen LogP contribution in [0.25, 0.3) is 11.3 Å². The Kier molecular flexibility index (Phi) is 8.73. The summed E-state index contributed by atoms with van der Waals surface area (Å²) >= 11 is 0. The minimum Gasteiger partial charge on any atom is -0.493 e. The van der Waals surface area contributed by atoms with E-state index in [9.17, 15) is 4.79 Å². The van der Waals surface area contributed by atoms with Crippen LogP contribution in [-0.2, 0) is 11.3 Å². The van der Waals surface area contributed by atoms with E-state index >= 15 is 0 Å². The van der Waals surface area contributed by atoms with Gasteiger partial charge in [-0.25, -0.2) is 9.97 Å². The summed E-state index contributed by atoms with van der Waals surface area (Å²) in [5.41, 5.74) is 5.00. The summed E-state index contributed by atoms with van der Waals surface area (Å²) in [7, 11) is 2.13. The molecule has 3 aromatic rings. The molecule has 1 atom stereocenters. The van der Waals surface area contributed by atoms with Gasteiger partial charge in [-0.3, -0.25) is 9.69 Å². The van der Waals surface area contributed by atoms with Crippen molar-refractivity contribution in [1.29, 1.82) is 0 Å². The first-order chi connectivity index (χ1) is 19.1. The monoisotopic (exact) mass is 526 g/mol. The number of likely N-dealkylation sites (tertiary alicyclic amines) is 1. The molecule has 8 heteroatoms. The number of likely N-dealkylation sites (N-methyl/N-ethyl adjacent to an activating group) is 1. The van der Waals surface area contributed by atoms with Gasteiger partial charge in [0, 0.05) is 62.3 Å².